The van der Waals surface area contributed by atoms with Crippen LogP contribution in [-0.4, -0.2) is 51.2 Å². The highest BCUT2D eigenvalue weighted by Crippen LogP contribution is 2.25. The second-order valence-electron chi connectivity index (χ2n) is 5.52. The molecule has 3 rings (SSSR count). The molecule has 1 amide bonds. The first-order chi connectivity index (χ1) is 12.2. The first kappa shape index (κ1) is 17.4. The van der Waals surface area contributed by atoms with Crippen molar-refractivity contribution in [3.8, 4) is 5.69 Å². The summed E-state index contributed by atoms with van der Waals surface area (Å²) in [7, 11) is 1.61. The van der Waals surface area contributed by atoms with Gasteiger partial charge in [0.05, 0.1) is 29.6 Å². The van der Waals surface area contributed by atoms with Crippen LogP contribution in [-0.2, 0) is 9.53 Å². The van der Waals surface area contributed by atoms with Crippen molar-refractivity contribution < 1.29 is 9.53 Å². The number of hydrogen-bond donors (Lipinski definition) is 1. The van der Waals surface area contributed by atoms with E-state index in [1.165, 1.54) is 18.1 Å². The van der Waals surface area contributed by atoms with E-state index in [1.54, 1.807) is 18.0 Å². The van der Waals surface area contributed by atoms with Crippen LogP contribution in [0.25, 0.3) is 16.7 Å². The van der Waals surface area contributed by atoms with Gasteiger partial charge in [0, 0.05) is 13.2 Å². The van der Waals surface area contributed by atoms with E-state index >= 15 is 0 Å². The number of amides is 1. The van der Waals surface area contributed by atoms with Crippen LogP contribution in [0, 0.1) is 0 Å². The average molecular weight is 357 g/mol. The Labute approximate surface area is 149 Å². The Morgan fingerprint density at radius 1 is 1.32 bits per heavy atom. The maximum absolute atomic E-state index is 12.0. The molecule has 8 heteroatoms. The van der Waals surface area contributed by atoms with Crippen molar-refractivity contribution in [2.75, 3.05) is 19.5 Å². The number of hydrogen-bond acceptors (Lipinski definition) is 6. The lowest BCUT2D eigenvalue weighted by atomic mass is 10.3. The maximum Gasteiger partial charge on any atom is 0.230 e. The summed E-state index contributed by atoms with van der Waals surface area (Å²) in [6.07, 6.45) is 3.23. The molecular weight excluding hydrogens is 338 g/mol. The minimum absolute atomic E-state index is 0.0238. The highest BCUT2D eigenvalue weighted by atomic mass is 32.2. The molecule has 1 unspecified atom stereocenters. The van der Waals surface area contributed by atoms with Gasteiger partial charge in [-0.25, -0.2) is 14.6 Å². The number of thioether (sulfide) groups is 1. The number of para-hydroxylation sites is 1. The molecule has 0 aliphatic heterocycles. The van der Waals surface area contributed by atoms with E-state index in [0.29, 0.717) is 6.61 Å². The molecule has 0 aliphatic rings. The van der Waals surface area contributed by atoms with E-state index in [9.17, 15) is 4.79 Å². The smallest absolute Gasteiger partial charge is 0.230 e. The Morgan fingerprint density at radius 2 is 2.12 bits per heavy atom. The molecule has 3 aromatic rings. The van der Waals surface area contributed by atoms with Crippen LogP contribution in [0.1, 0.15) is 6.92 Å². The molecular formula is C17H19N5O2S. The van der Waals surface area contributed by atoms with E-state index in [1.807, 2.05) is 37.3 Å². The highest BCUT2D eigenvalue weighted by Gasteiger charge is 2.13. The van der Waals surface area contributed by atoms with Gasteiger partial charge in [0.1, 0.15) is 11.4 Å². The minimum Gasteiger partial charge on any atom is -0.383 e. The van der Waals surface area contributed by atoms with Crippen LogP contribution >= 0.6 is 11.8 Å². The number of methoxy groups -OCH3 is 1. The van der Waals surface area contributed by atoms with Crippen LogP contribution in [0.4, 0.5) is 0 Å². The predicted octanol–water partition coefficient (Wildman–Crippen LogP) is 2.06. The second kappa shape index (κ2) is 8.09. The van der Waals surface area contributed by atoms with Gasteiger partial charge in [-0.05, 0) is 19.1 Å². The lowest BCUT2D eigenvalue weighted by Gasteiger charge is -2.12. The number of aromatic nitrogens is 4. The molecule has 0 bridgehead atoms. The molecule has 1 N–H and O–H groups in total. The SMILES string of the molecule is COCC(C)NC(=O)CSc1ncnc2c1cnn2-c1ccccc1. The molecule has 0 saturated carbocycles. The summed E-state index contributed by atoms with van der Waals surface area (Å²) in [4.78, 5) is 20.6. The van der Waals surface area contributed by atoms with Gasteiger partial charge in [-0.2, -0.15) is 5.10 Å². The van der Waals surface area contributed by atoms with Gasteiger partial charge < -0.3 is 10.1 Å². The second-order valence-corrected chi connectivity index (χ2v) is 6.48. The Hall–Kier alpha value is -2.45. The molecule has 2 aromatic heterocycles. The van der Waals surface area contributed by atoms with Crippen molar-refractivity contribution in [1.29, 1.82) is 0 Å². The van der Waals surface area contributed by atoms with Crippen LogP contribution in [0.15, 0.2) is 47.9 Å². The van der Waals surface area contributed by atoms with E-state index in [0.717, 1.165) is 21.7 Å². The van der Waals surface area contributed by atoms with E-state index in [-0.39, 0.29) is 17.7 Å². The number of ether oxygens (including phenoxy) is 1. The lowest BCUT2D eigenvalue weighted by Crippen LogP contribution is -2.36. The van der Waals surface area contributed by atoms with Gasteiger partial charge >= 0.3 is 0 Å². The fourth-order valence-corrected chi connectivity index (χ4v) is 3.21. The summed E-state index contributed by atoms with van der Waals surface area (Å²) in [5.74, 6) is 0.216. The third kappa shape index (κ3) is 4.15. The standard InChI is InChI=1S/C17H19N5O2S/c1-12(9-24-2)21-15(23)10-25-17-14-8-20-22(16(14)18-11-19-17)13-6-4-3-5-7-13/h3-8,11-12H,9-10H2,1-2H3,(H,21,23). The number of carbonyl (C=O) groups is 1. The number of benzene rings is 1. The number of rotatable bonds is 7. The lowest BCUT2D eigenvalue weighted by molar-refractivity contribution is -0.119. The molecule has 0 saturated heterocycles. The van der Waals surface area contributed by atoms with Crippen molar-refractivity contribution in [3.05, 3.63) is 42.9 Å². The van der Waals surface area contributed by atoms with E-state index < -0.39 is 0 Å². The van der Waals surface area contributed by atoms with Gasteiger partial charge in [-0.3, -0.25) is 4.79 Å². The van der Waals surface area contributed by atoms with Crippen LogP contribution in [0.3, 0.4) is 0 Å². The van der Waals surface area contributed by atoms with Crippen LogP contribution in [0.2, 0.25) is 0 Å². The van der Waals surface area contributed by atoms with Gasteiger partial charge in [0.2, 0.25) is 5.91 Å². The molecule has 1 atom stereocenters. The molecule has 7 nitrogen and oxygen atoms in total. The van der Waals surface area contributed by atoms with Gasteiger partial charge in [-0.1, -0.05) is 30.0 Å². The number of nitrogens with one attached hydrogen (secondary N) is 1. The topological polar surface area (TPSA) is 81.9 Å². The summed E-state index contributed by atoms with van der Waals surface area (Å²) in [6.45, 7) is 2.39. The summed E-state index contributed by atoms with van der Waals surface area (Å²) in [5, 5.41) is 8.86. The fourth-order valence-electron chi connectivity index (χ4n) is 2.44. The highest BCUT2D eigenvalue weighted by molar-refractivity contribution is 8.00. The Balaban J connectivity index is 1.75. The fraction of sp³-hybridized carbons (Fsp3) is 0.294. The number of nitrogens with zero attached hydrogens (tertiary/aromatic N) is 4. The van der Waals surface area contributed by atoms with Crippen molar-refractivity contribution >= 4 is 28.7 Å². The van der Waals surface area contributed by atoms with Crippen molar-refractivity contribution in [2.45, 2.75) is 18.0 Å². The van der Waals surface area contributed by atoms with Crippen molar-refractivity contribution in [1.82, 2.24) is 25.1 Å². The number of carbonyl (C=O) groups excluding carboxylic acids is 1. The molecule has 130 valence electrons. The quantitative estimate of drug-likeness (QED) is 0.515. The Bertz CT molecular complexity index is 853. The third-order valence-electron chi connectivity index (χ3n) is 3.49. The zero-order valence-corrected chi connectivity index (χ0v) is 14.9. The summed E-state index contributed by atoms with van der Waals surface area (Å²) in [6, 6.07) is 9.76. The zero-order valence-electron chi connectivity index (χ0n) is 14.0. The van der Waals surface area contributed by atoms with Crippen LogP contribution < -0.4 is 5.32 Å². The molecule has 2 heterocycles. The molecule has 0 fully saturated rings. The Kier molecular flexibility index (Phi) is 5.62. The Morgan fingerprint density at radius 3 is 2.88 bits per heavy atom. The molecule has 0 radical (unpaired) electrons. The number of fused-ring (bicyclic) bond motifs is 1. The van der Waals surface area contributed by atoms with Gasteiger partial charge in [0.25, 0.3) is 0 Å². The molecule has 1 aromatic carbocycles. The molecule has 0 spiro atoms. The minimum atomic E-state index is -0.0586. The van der Waals surface area contributed by atoms with Crippen LogP contribution in [0.5, 0.6) is 0 Å². The normalized spacial score (nSPS) is 12.2. The maximum atomic E-state index is 12.0. The molecule has 25 heavy (non-hydrogen) atoms. The van der Waals surface area contributed by atoms with Crippen molar-refractivity contribution in [2.24, 2.45) is 0 Å². The largest absolute Gasteiger partial charge is 0.383 e. The first-order valence-corrected chi connectivity index (χ1v) is 8.83. The predicted molar refractivity (Wildman–Crippen MR) is 96.9 cm³/mol. The zero-order chi connectivity index (χ0) is 17.6. The molecule has 0 aliphatic carbocycles. The first-order valence-electron chi connectivity index (χ1n) is 7.84. The van der Waals surface area contributed by atoms with E-state index in [2.05, 4.69) is 20.4 Å². The third-order valence-corrected chi connectivity index (χ3v) is 4.50. The summed E-state index contributed by atoms with van der Waals surface area (Å²) in [5.41, 5.74) is 1.65. The van der Waals surface area contributed by atoms with Crippen molar-refractivity contribution in [3.63, 3.8) is 0 Å². The summed E-state index contributed by atoms with van der Waals surface area (Å²) >= 11 is 1.37. The monoisotopic (exact) mass is 357 g/mol. The average Bonchev–Trinajstić information content (AvgIpc) is 3.05. The van der Waals surface area contributed by atoms with E-state index in [4.69, 9.17) is 4.74 Å². The summed E-state index contributed by atoms with van der Waals surface area (Å²) < 4.78 is 6.78. The van der Waals surface area contributed by atoms with Gasteiger partial charge in [0.15, 0.2) is 5.65 Å². The van der Waals surface area contributed by atoms with Gasteiger partial charge in [-0.15, -0.1) is 0 Å².